The van der Waals surface area contributed by atoms with Crippen LogP contribution in [0.25, 0.3) is 0 Å². The third-order valence-corrected chi connectivity index (χ3v) is 3.62. The Labute approximate surface area is 86.4 Å². The molecule has 2 rings (SSSR count). The van der Waals surface area contributed by atoms with E-state index in [2.05, 4.69) is 5.32 Å². The van der Waals surface area contributed by atoms with Gasteiger partial charge in [0.25, 0.3) is 0 Å². The summed E-state index contributed by atoms with van der Waals surface area (Å²) in [6.07, 6.45) is 6.38. The van der Waals surface area contributed by atoms with Crippen molar-refractivity contribution in [3.05, 3.63) is 0 Å². The molecule has 0 aromatic rings. The van der Waals surface area contributed by atoms with E-state index in [-0.39, 0.29) is 0 Å². The topological polar surface area (TPSA) is 47.3 Å². The van der Waals surface area contributed by atoms with Crippen LogP contribution in [0.2, 0.25) is 0 Å². The molecule has 2 fully saturated rings. The Morgan fingerprint density at radius 1 is 1.21 bits per heavy atom. The van der Waals surface area contributed by atoms with Crippen LogP contribution in [0.5, 0.6) is 0 Å². The summed E-state index contributed by atoms with van der Waals surface area (Å²) in [6, 6.07) is 1.10. The van der Waals surface area contributed by atoms with Crippen molar-refractivity contribution in [1.29, 1.82) is 0 Å². The average Bonchev–Trinajstić information content (AvgIpc) is 2.16. The maximum absolute atomic E-state index is 6.16. The Morgan fingerprint density at radius 3 is 2.50 bits per heavy atom. The first-order valence-electron chi connectivity index (χ1n) is 5.93. The van der Waals surface area contributed by atoms with Gasteiger partial charge < -0.3 is 15.8 Å². The van der Waals surface area contributed by atoms with E-state index in [0.717, 1.165) is 38.6 Å². The average molecular weight is 198 g/mol. The third-order valence-electron chi connectivity index (χ3n) is 3.62. The predicted molar refractivity (Wildman–Crippen MR) is 57.2 cm³/mol. The normalized spacial score (nSPS) is 27.2. The molecule has 1 atom stereocenters. The van der Waals surface area contributed by atoms with Gasteiger partial charge in [0, 0.05) is 31.8 Å². The molecule has 0 spiro atoms. The largest absolute Gasteiger partial charge is 0.381 e. The molecule has 3 heteroatoms. The Hall–Kier alpha value is -0.120. The van der Waals surface area contributed by atoms with Crippen molar-refractivity contribution in [1.82, 2.24) is 5.32 Å². The second-order valence-electron chi connectivity index (χ2n) is 4.65. The molecular weight excluding hydrogens is 176 g/mol. The van der Waals surface area contributed by atoms with Crippen LogP contribution in [-0.4, -0.2) is 31.8 Å². The summed E-state index contributed by atoms with van der Waals surface area (Å²) < 4.78 is 5.33. The first-order chi connectivity index (χ1) is 6.86. The van der Waals surface area contributed by atoms with Gasteiger partial charge in [-0.3, -0.25) is 0 Å². The smallest absolute Gasteiger partial charge is 0.0469 e. The van der Waals surface area contributed by atoms with Gasteiger partial charge in [-0.2, -0.15) is 0 Å². The van der Waals surface area contributed by atoms with Crippen LogP contribution in [0.1, 0.15) is 32.1 Å². The van der Waals surface area contributed by atoms with E-state index in [1.165, 1.54) is 19.3 Å². The third kappa shape index (κ3) is 2.69. The van der Waals surface area contributed by atoms with Gasteiger partial charge in [-0.05, 0) is 31.6 Å². The zero-order valence-electron chi connectivity index (χ0n) is 8.87. The zero-order chi connectivity index (χ0) is 9.80. The molecule has 1 aliphatic carbocycles. The van der Waals surface area contributed by atoms with Crippen LogP contribution in [0.3, 0.4) is 0 Å². The highest BCUT2D eigenvalue weighted by Crippen LogP contribution is 2.20. The molecule has 1 saturated heterocycles. The fraction of sp³-hybridized carbons (Fsp3) is 1.00. The molecular formula is C11H22N2O. The second kappa shape index (κ2) is 5.10. The zero-order valence-corrected chi connectivity index (χ0v) is 8.87. The number of ether oxygens (including phenoxy) is 1. The van der Waals surface area contributed by atoms with Gasteiger partial charge in [-0.1, -0.05) is 6.42 Å². The summed E-state index contributed by atoms with van der Waals surface area (Å²) in [5.74, 6) is 0.677. The van der Waals surface area contributed by atoms with Gasteiger partial charge in [-0.25, -0.2) is 0 Å². The molecule has 0 bridgehead atoms. The van der Waals surface area contributed by atoms with Crippen molar-refractivity contribution in [3.63, 3.8) is 0 Å². The van der Waals surface area contributed by atoms with E-state index in [4.69, 9.17) is 10.5 Å². The number of nitrogens with two attached hydrogens (primary N) is 1. The summed E-state index contributed by atoms with van der Waals surface area (Å²) in [5, 5.41) is 3.55. The maximum atomic E-state index is 6.16. The highest BCUT2D eigenvalue weighted by Gasteiger charge is 2.23. The maximum Gasteiger partial charge on any atom is 0.0469 e. The van der Waals surface area contributed by atoms with E-state index in [0.29, 0.717) is 12.0 Å². The minimum atomic E-state index is 0.333. The van der Waals surface area contributed by atoms with E-state index in [9.17, 15) is 0 Å². The summed E-state index contributed by atoms with van der Waals surface area (Å²) in [7, 11) is 0. The van der Waals surface area contributed by atoms with Crippen LogP contribution >= 0.6 is 0 Å². The van der Waals surface area contributed by atoms with E-state index in [1.54, 1.807) is 0 Å². The summed E-state index contributed by atoms with van der Waals surface area (Å²) in [4.78, 5) is 0. The lowest BCUT2D eigenvalue weighted by Gasteiger charge is -2.32. The lowest BCUT2D eigenvalue weighted by molar-refractivity contribution is 0.0577. The van der Waals surface area contributed by atoms with Gasteiger partial charge >= 0.3 is 0 Å². The Balaban J connectivity index is 1.62. The van der Waals surface area contributed by atoms with Gasteiger partial charge in [-0.15, -0.1) is 0 Å². The van der Waals surface area contributed by atoms with Gasteiger partial charge in [0.15, 0.2) is 0 Å². The molecule has 0 radical (unpaired) electrons. The fourth-order valence-electron chi connectivity index (χ4n) is 2.23. The molecule has 3 nitrogen and oxygen atoms in total. The number of hydrogen-bond acceptors (Lipinski definition) is 3. The van der Waals surface area contributed by atoms with Gasteiger partial charge in [0.1, 0.15) is 0 Å². The molecule has 2 aliphatic rings. The van der Waals surface area contributed by atoms with E-state index >= 15 is 0 Å². The first-order valence-corrected chi connectivity index (χ1v) is 5.93. The highest BCUT2D eigenvalue weighted by molar-refractivity contribution is 4.82. The van der Waals surface area contributed by atoms with Crippen molar-refractivity contribution < 1.29 is 4.74 Å². The lowest BCUT2D eigenvalue weighted by atomic mass is 9.90. The standard InChI is InChI=1S/C11H22N2O/c12-11(8-13-10-2-1-3-10)9-4-6-14-7-5-9/h9-11,13H,1-8,12H2. The summed E-state index contributed by atoms with van der Waals surface area (Å²) in [6.45, 7) is 2.80. The van der Waals surface area contributed by atoms with Crippen LogP contribution in [0.4, 0.5) is 0 Å². The Morgan fingerprint density at radius 2 is 1.93 bits per heavy atom. The van der Waals surface area contributed by atoms with Crippen molar-refractivity contribution in [2.24, 2.45) is 11.7 Å². The van der Waals surface area contributed by atoms with Crippen LogP contribution in [0.15, 0.2) is 0 Å². The van der Waals surface area contributed by atoms with Crippen LogP contribution in [-0.2, 0) is 4.74 Å². The Kier molecular flexibility index (Phi) is 3.79. The predicted octanol–water partition coefficient (Wildman–Crippen LogP) is 0.882. The quantitative estimate of drug-likeness (QED) is 0.705. The summed E-state index contributed by atoms with van der Waals surface area (Å²) >= 11 is 0. The molecule has 0 amide bonds. The van der Waals surface area contributed by atoms with Crippen LogP contribution < -0.4 is 11.1 Å². The second-order valence-corrected chi connectivity index (χ2v) is 4.65. The van der Waals surface area contributed by atoms with Gasteiger partial charge in [0.05, 0.1) is 0 Å². The van der Waals surface area contributed by atoms with Crippen molar-refractivity contribution in [3.8, 4) is 0 Å². The van der Waals surface area contributed by atoms with Gasteiger partial charge in [0.2, 0.25) is 0 Å². The number of hydrogen-bond donors (Lipinski definition) is 2. The summed E-state index contributed by atoms with van der Waals surface area (Å²) in [5.41, 5.74) is 6.16. The molecule has 3 N–H and O–H groups in total. The molecule has 14 heavy (non-hydrogen) atoms. The van der Waals surface area contributed by atoms with Crippen molar-refractivity contribution in [2.45, 2.75) is 44.2 Å². The molecule has 1 unspecified atom stereocenters. The molecule has 0 aromatic heterocycles. The lowest BCUT2D eigenvalue weighted by Crippen LogP contribution is -2.46. The molecule has 1 heterocycles. The van der Waals surface area contributed by atoms with Crippen molar-refractivity contribution in [2.75, 3.05) is 19.8 Å². The van der Waals surface area contributed by atoms with Crippen molar-refractivity contribution >= 4 is 0 Å². The molecule has 1 saturated carbocycles. The molecule has 0 aromatic carbocycles. The van der Waals surface area contributed by atoms with E-state index < -0.39 is 0 Å². The fourth-order valence-corrected chi connectivity index (χ4v) is 2.23. The SMILES string of the molecule is NC(CNC1CCC1)C1CCOCC1. The number of rotatable bonds is 4. The first kappa shape index (κ1) is 10.4. The molecule has 82 valence electrons. The molecule has 1 aliphatic heterocycles. The minimum absolute atomic E-state index is 0.333. The van der Waals surface area contributed by atoms with Crippen LogP contribution in [0, 0.1) is 5.92 Å². The monoisotopic (exact) mass is 198 g/mol. The van der Waals surface area contributed by atoms with E-state index in [1.807, 2.05) is 0 Å². The highest BCUT2D eigenvalue weighted by atomic mass is 16.5. The minimum Gasteiger partial charge on any atom is -0.381 e. The number of nitrogens with one attached hydrogen (secondary N) is 1. The Bertz CT molecular complexity index is 165.